The van der Waals surface area contributed by atoms with Crippen LogP contribution in [-0.2, 0) is 6.54 Å². The molecule has 0 heterocycles. The zero-order valence-electron chi connectivity index (χ0n) is 10.9. The van der Waals surface area contributed by atoms with Gasteiger partial charge in [-0.2, -0.15) is 0 Å². The minimum Gasteiger partial charge on any atom is -0.396 e. The van der Waals surface area contributed by atoms with E-state index < -0.39 is 4.92 Å². The first-order valence-electron chi connectivity index (χ1n) is 6.29. The number of non-ortho nitro benzene ring substituents is 1. The highest BCUT2D eigenvalue weighted by molar-refractivity contribution is 6.31. The lowest BCUT2D eigenvalue weighted by molar-refractivity contribution is -0.384. The molecule has 0 aromatic heterocycles. The van der Waals surface area contributed by atoms with Gasteiger partial charge >= 0.3 is 0 Å². The van der Waals surface area contributed by atoms with E-state index in [0.717, 1.165) is 24.9 Å². The van der Waals surface area contributed by atoms with Crippen molar-refractivity contribution >= 4 is 17.3 Å². The van der Waals surface area contributed by atoms with Gasteiger partial charge < -0.3 is 10.4 Å². The Labute approximate surface area is 117 Å². The molecule has 0 bridgehead atoms. The Morgan fingerprint density at radius 2 is 2.26 bits per heavy atom. The summed E-state index contributed by atoms with van der Waals surface area (Å²) < 4.78 is 0. The molecule has 106 valence electrons. The number of hydrogen-bond donors (Lipinski definition) is 2. The van der Waals surface area contributed by atoms with Gasteiger partial charge in [0.05, 0.1) is 9.95 Å². The molecule has 0 radical (unpaired) electrons. The van der Waals surface area contributed by atoms with E-state index in [1.807, 2.05) is 6.92 Å². The molecule has 1 aromatic rings. The van der Waals surface area contributed by atoms with Gasteiger partial charge in [-0.1, -0.05) is 18.5 Å². The van der Waals surface area contributed by atoms with Crippen LogP contribution >= 0.6 is 11.6 Å². The summed E-state index contributed by atoms with van der Waals surface area (Å²) in [5, 5.41) is 23.1. The number of halogens is 1. The Hall–Kier alpha value is -1.17. The van der Waals surface area contributed by atoms with Crippen molar-refractivity contribution in [3.05, 3.63) is 38.9 Å². The summed E-state index contributed by atoms with van der Waals surface area (Å²) in [5.74, 6) is 0.324. The Bertz CT molecular complexity index is 426. The molecule has 0 aliphatic rings. The fourth-order valence-electron chi connectivity index (χ4n) is 1.68. The maximum atomic E-state index is 10.6. The Morgan fingerprint density at radius 3 is 2.84 bits per heavy atom. The molecule has 5 nitrogen and oxygen atoms in total. The van der Waals surface area contributed by atoms with Crippen molar-refractivity contribution in [3.8, 4) is 0 Å². The zero-order chi connectivity index (χ0) is 14.3. The largest absolute Gasteiger partial charge is 0.396 e. The molecule has 0 aliphatic heterocycles. The van der Waals surface area contributed by atoms with E-state index in [1.165, 1.54) is 12.1 Å². The van der Waals surface area contributed by atoms with Crippen molar-refractivity contribution < 1.29 is 10.0 Å². The molecule has 0 saturated carbocycles. The maximum absolute atomic E-state index is 10.6. The van der Waals surface area contributed by atoms with Crippen molar-refractivity contribution in [2.75, 3.05) is 13.2 Å². The van der Waals surface area contributed by atoms with E-state index in [1.54, 1.807) is 6.07 Å². The molecule has 1 atom stereocenters. The Balaban J connectivity index is 2.35. The summed E-state index contributed by atoms with van der Waals surface area (Å²) in [5.41, 5.74) is 0.855. The first-order valence-corrected chi connectivity index (χ1v) is 6.66. The van der Waals surface area contributed by atoms with Gasteiger partial charge in [0.1, 0.15) is 0 Å². The van der Waals surface area contributed by atoms with Crippen LogP contribution in [0, 0.1) is 16.0 Å². The highest BCUT2D eigenvalue weighted by Gasteiger charge is 2.08. The number of benzene rings is 1. The van der Waals surface area contributed by atoms with Crippen molar-refractivity contribution in [1.29, 1.82) is 0 Å². The third-order valence-electron chi connectivity index (χ3n) is 2.93. The summed E-state index contributed by atoms with van der Waals surface area (Å²) in [6, 6.07) is 4.49. The van der Waals surface area contributed by atoms with Gasteiger partial charge in [0.2, 0.25) is 0 Å². The lowest BCUT2D eigenvalue weighted by atomic mass is 10.1. The van der Waals surface area contributed by atoms with Crippen LogP contribution in [0.25, 0.3) is 0 Å². The summed E-state index contributed by atoms with van der Waals surface area (Å²) in [4.78, 5) is 10.1. The van der Waals surface area contributed by atoms with E-state index in [4.69, 9.17) is 16.7 Å². The van der Waals surface area contributed by atoms with Gasteiger partial charge in [-0.05, 0) is 36.9 Å². The number of nitrogens with one attached hydrogen (secondary N) is 1. The number of nitro groups is 1. The second-order valence-electron chi connectivity index (χ2n) is 4.64. The summed E-state index contributed by atoms with van der Waals surface area (Å²) in [6.07, 6.45) is 1.95. The summed E-state index contributed by atoms with van der Waals surface area (Å²) in [6.45, 7) is 3.64. The van der Waals surface area contributed by atoms with Crippen LogP contribution in [0.5, 0.6) is 0 Å². The monoisotopic (exact) mass is 286 g/mol. The first kappa shape index (κ1) is 15.9. The molecule has 0 amide bonds. The first-order chi connectivity index (χ1) is 9.04. The van der Waals surface area contributed by atoms with Gasteiger partial charge in [-0.25, -0.2) is 0 Å². The number of aliphatic hydroxyl groups excluding tert-OH is 1. The van der Waals surface area contributed by atoms with Crippen LogP contribution in [0.4, 0.5) is 5.69 Å². The molecule has 1 unspecified atom stereocenters. The summed E-state index contributed by atoms with van der Waals surface area (Å²) in [7, 11) is 0. The number of nitrogens with zero attached hydrogens (tertiary/aromatic N) is 1. The molecule has 19 heavy (non-hydrogen) atoms. The zero-order valence-corrected chi connectivity index (χ0v) is 11.7. The molecular weight excluding hydrogens is 268 g/mol. The smallest absolute Gasteiger partial charge is 0.270 e. The predicted molar refractivity (Wildman–Crippen MR) is 75.3 cm³/mol. The predicted octanol–water partition coefficient (Wildman–Crippen LogP) is 2.75. The van der Waals surface area contributed by atoms with Gasteiger partial charge in [-0.15, -0.1) is 0 Å². The molecule has 6 heteroatoms. The van der Waals surface area contributed by atoms with Gasteiger partial charge in [0, 0.05) is 25.3 Å². The number of nitro benzene ring substituents is 1. The molecule has 0 spiro atoms. The van der Waals surface area contributed by atoms with Gasteiger partial charge in [0.25, 0.3) is 5.69 Å². The number of hydrogen-bond acceptors (Lipinski definition) is 4. The van der Waals surface area contributed by atoms with Crippen molar-refractivity contribution in [2.24, 2.45) is 5.92 Å². The van der Waals surface area contributed by atoms with Crippen molar-refractivity contribution in [2.45, 2.75) is 26.3 Å². The standard InChI is InChI=1S/C13H19ClN2O3/c1-10(9-17)3-2-6-15-8-11-4-5-12(16(18)19)7-13(11)14/h4-5,7,10,15,17H,2-3,6,8-9H2,1H3. The van der Waals surface area contributed by atoms with Crippen LogP contribution < -0.4 is 5.32 Å². The van der Waals surface area contributed by atoms with Gasteiger partial charge in [-0.3, -0.25) is 10.1 Å². The van der Waals surface area contributed by atoms with Crippen LogP contribution in [0.2, 0.25) is 5.02 Å². The van der Waals surface area contributed by atoms with E-state index in [-0.39, 0.29) is 12.3 Å². The van der Waals surface area contributed by atoms with E-state index in [2.05, 4.69) is 5.32 Å². The Kier molecular flexibility index (Phi) is 6.77. The van der Waals surface area contributed by atoms with Crippen LogP contribution in [-0.4, -0.2) is 23.2 Å². The van der Waals surface area contributed by atoms with Crippen molar-refractivity contribution in [3.63, 3.8) is 0 Å². The average Bonchev–Trinajstić information content (AvgIpc) is 2.39. The second kappa shape index (κ2) is 8.09. The number of aliphatic hydroxyl groups is 1. The molecule has 2 N–H and O–H groups in total. The minimum absolute atomic E-state index is 0.00511. The quantitative estimate of drug-likeness (QED) is 0.438. The fraction of sp³-hybridized carbons (Fsp3) is 0.538. The molecular formula is C13H19ClN2O3. The van der Waals surface area contributed by atoms with Crippen LogP contribution in [0.3, 0.4) is 0 Å². The van der Waals surface area contributed by atoms with Crippen LogP contribution in [0.1, 0.15) is 25.3 Å². The molecule has 0 saturated heterocycles. The molecule has 1 aromatic carbocycles. The second-order valence-corrected chi connectivity index (χ2v) is 5.05. The third-order valence-corrected chi connectivity index (χ3v) is 3.28. The highest BCUT2D eigenvalue weighted by Crippen LogP contribution is 2.22. The van der Waals surface area contributed by atoms with E-state index in [0.29, 0.717) is 17.5 Å². The third kappa shape index (κ3) is 5.55. The van der Waals surface area contributed by atoms with Crippen LogP contribution in [0.15, 0.2) is 18.2 Å². The lowest BCUT2D eigenvalue weighted by Gasteiger charge is -2.09. The number of rotatable bonds is 8. The van der Waals surface area contributed by atoms with E-state index >= 15 is 0 Å². The lowest BCUT2D eigenvalue weighted by Crippen LogP contribution is -2.16. The van der Waals surface area contributed by atoms with Gasteiger partial charge in [0.15, 0.2) is 0 Å². The fourth-order valence-corrected chi connectivity index (χ4v) is 1.92. The normalized spacial score (nSPS) is 12.4. The SMILES string of the molecule is CC(CO)CCCNCc1ccc([N+](=O)[O-])cc1Cl. The minimum atomic E-state index is -0.459. The maximum Gasteiger partial charge on any atom is 0.270 e. The average molecular weight is 287 g/mol. The topological polar surface area (TPSA) is 75.4 Å². The molecule has 1 rings (SSSR count). The highest BCUT2D eigenvalue weighted by atomic mass is 35.5. The van der Waals surface area contributed by atoms with Crippen molar-refractivity contribution in [1.82, 2.24) is 5.32 Å². The Morgan fingerprint density at radius 1 is 1.53 bits per heavy atom. The summed E-state index contributed by atoms with van der Waals surface area (Å²) >= 11 is 5.98. The van der Waals surface area contributed by atoms with E-state index in [9.17, 15) is 10.1 Å². The molecule has 0 fully saturated rings. The molecule has 0 aliphatic carbocycles.